The number of piperidine rings is 1. The van der Waals surface area contributed by atoms with Crippen LogP contribution in [0.15, 0.2) is 46.7 Å². The third-order valence-electron chi connectivity index (χ3n) is 5.26. The average molecular weight is 448 g/mol. The predicted octanol–water partition coefficient (Wildman–Crippen LogP) is 4.04. The molecule has 1 atom stereocenters. The molecule has 1 aliphatic heterocycles. The Hall–Kier alpha value is -3.01. The number of rotatable bonds is 3. The van der Waals surface area contributed by atoms with Gasteiger partial charge in [-0.1, -0.05) is 12.1 Å². The molecule has 3 aromatic rings. The molecule has 0 saturated carbocycles. The highest BCUT2D eigenvalue weighted by atomic mass is 32.1. The summed E-state index contributed by atoms with van der Waals surface area (Å²) in [4.78, 5) is 31.5. The van der Waals surface area contributed by atoms with E-state index in [1.165, 1.54) is 41.4 Å². The normalized spacial score (nSPS) is 17.0. The van der Waals surface area contributed by atoms with Crippen LogP contribution in [0, 0.1) is 6.92 Å². The number of carbonyl (C=O) groups is 1. The Morgan fingerprint density at radius 1 is 1.26 bits per heavy atom. The minimum Gasteiger partial charge on any atom is -0.336 e. The van der Waals surface area contributed by atoms with Crippen LogP contribution in [-0.4, -0.2) is 38.7 Å². The van der Waals surface area contributed by atoms with E-state index >= 15 is 0 Å². The lowest BCUT2D eigenvalue weighted by Crippen LogP contribution is -2.42. The Morgan fingerprint density at radius 2 is 2.03 bits per heavy atom. The average Bonchev–Trinajstić information content (AvgIpc) is 3.28. The number of hydrogen-bond donors (Lipinski definition) is 0. The molecule has 2 aromatic heterocycles. The minimum atomic E-state index is -4.61. The van der Waals surface area contributed by atoms with Gasteiger partial charge < -0.3 is 4.90 Å². The molecule has 0 spiro atoms. The van der Waals surface area contributed by atoms with E-state index in [2.05, 4.69) is 10.1 Å². The SMILES string of the molecule is Cc1cc(=O)c(C(=O)N2CCCC(c3nccs3)C2)nn1-c1ccccc1C(F)(F)F. The molecule has 1 saturated heterocycles. The summed E-state index contributed by atoms with van der Waals surface area (Å²) < 4.78 is 41.5. The summed E-state index contributed by atoms with van der Waals surface area (Å²) in [7, 11) is 0. The Kier molecular flexibility index (Phi) is 5.65. The molecule has 1 aromatic carbocycles. The number of nitrogens with zero attached hydrogens (tertiary/aromatic N) is 4. The first-order valence-electron chi connectivity index (χ1n) is 9.72. The lowest BCUT2D eigenvalue weighted by atomic mass is 9.98. The van der Waals surface area contributed by atoms with Gasteiger partial charge in [0.2, 0.25) is 5.43 Å². The minimum absolute atomic E-state index is 0.0660. The van der Waals surface area contributed by atoms with Crippen LogP contribution in [0.4, 0.5) is 13.2 Å². The maximum absolute atomic E-state index is 13.5. The summed E-state index contributed by atoms with van der Waals surface area (Å²) in [5.41, 5.74) is -1.92. The number of aryl methyl sites for hydroxylation is 1. The maximum Gasteiger partial charge on any atom is 0.418 e. The molecular weight excluding hydrogens is 429 g/mol. The molecule has 1 aliphatic rings. The highest BCUT2D eigenvalue weighted by Gasteiger charge is 2.35. The van der Waals surface area contributed by atoms with Gasteiger partial charge in [0.1, 0.15) is 0 Å². The molecule has 1 unspecified atom stereocenters. The summed E-state index contributed by atoms with van der Waals surface area (Å²) in [6.07, 6.45) is -1.28. The number of hydrogen-bond acceptors (Lipinski definition) is 5. The molecule has 6 nitrogen and oxygen atoms in total. The maximum atomic E-state index is 13.5. The molecule has 31 heavy (non-hydrogen) atoms. The number of halogens is 3. The van der Waals surface area contributed by atoms with Crippen molar-refractivity contribution in [2.75, 3.05) is 13.1 Å². The molecule has 0 N–H and O–H groups in total. The van der Waals surface area contributed by atoms with E-state index in [-0.39, 0.29) is 23.0 Å². The molecule has 4 rings (SSSR count). The molecular formula is C21H19F3N4O2S. The fourth-order valence-electron chi connectivity index (χ4n) is 3.79. The van der Waals surface area contributed by atoms with Gasteiger partial charge in [-0.05, 0) is 31.9 Å². The number of amides is 1. The number of para-hydroxylation sites is 1. The van der Waals surface area contributed by atoms with E-state index in [0.717, 1.165) is 34.7 Å². The first kappa shape index (κ1) is 21.2. The van der Waals surface area contributed by atoms with Crippen molar-refractivity contribution in [2.24, 2.45) is 0 Å². The molecule has 162 valence electrons. The van der Waals surface area contributed by atoms with Gasteiger partial charge in [-0.25, -0.2) is 9.67 Å². The van der Waals surface area contributed by atoms with Crippen molar-refractivity contribution in [1.29, 1.82) is 0 Å². The van der Waals surface area contributed by atoms with Crippen LogP contribution in [0.5, 0.6) is 0 Å². The second-order valence-corrected chi connectivity index (χ2v) is 8.31. The van der Waals surface area contributed by atoms with Gasteiger partial charge >= 0.3 is 6.18 Å². The van der Waals surface area contributed by atoms with Crippen molar-refractivity contribution < 1.29 is 18.0 Å². The van der Waals surface area contributed by atoms with Crippen LogP contribution >= 0.6 is 11.3 Å². The number of benzene rings is 1. The first-order chi connectivity index (χ1) is 14.8. The van der Waals surface area contributed by atoms with Crippen LogP contribution in [0.2, 0.25) is 0 Å². The Morgan fingerprint density at radius 3 is 2.74 bits per heavy atom. The standard InChI is InChI=1S/C21H19F3N4O2S/c1-13-11-17(29)18(26-28(13)16-7-3-2-6-15(16)21(22,23)24)20(30)27-9-4-5-14(12-27)19-25-8-10-31-19/h2-3,6-8,10-11,14H,4-5,9,12H2,1H3. The molecule has 0 radical (unpaired) electrons. The predicted molar refractivity (Wildman–Crippen MR) is 110 cm³/mol. The van der Waals surface area contributed by atoms with Crippen molar-refractivity contribution in [1.82, 2.24) is 19.7 Å². The number of alkyl halides is 3. The number of thiazole rings is 1. The van der Waals surface area contributed by atoms with Crippen LogP contribution in [0.1, 0.15) is 45.5 Å². The highest BCUT2D eigenvalue weighted by Crippen LogP contribution is 2.34. The Labute approximate surface area is 180 Å². The van der Waals surface area contributed by atoms with Crippen molar-refractivity contribution in [3.63, 3.8) is 0 Å². The van der Waals surface area contributed by atoms with Gasteiger partial charge in [-0.15, -0.1) is 11.3 Å². The fourth-order valence-corrected chi connectivity index (χ4v) is 4.55. The second-order valence-electron chi connectivity index (χ2n) is 7.39. The largest absolute Gasteiger partial charge is 0.418 e. The van der Waals surface area contributed by atoms with Crippen molar-refractivity contribution in [3.8, 4) is 5.69 Å². The molecule has 1 fully saturated rings. The zero-order chi connectivity index (χ0) is 22.2. The Bertz CT molecular complexity index is 1160. The number of carbonyl (C=O) groups excluding carboxylic acids is 1. The molecule has 1 amide bonds. The van der Waals surface area contributed by atoms with E-state index in [0.29, 0.717) is 13.1 Å². The van der Waals surface area contributed by atoms with Crippen LogP contribution in [0.3, 0.4) is 0 Å². The lowest BCUT2D eigenvalue weighted by molar-refractivity contribution is -0.137. The smallest absolute Gasteiger partial charge is 0.336 e. The third-order valence-corrected chi connectivity index (χ3v) is 6.19. The number of likely N-dealkylation sites (tertiary alicyclic amines) is 1. The Balaban J connectivity index is 1.71. The highest BCUT2D eigenvalue weighted by molar-refractivity contribution is 7.09. The van der Waals surface area contributed by atoms with Crippen LogP contribution in [-0.2, 0) is 6.18 Å². The summed E-state index contributed by atoms with van der Waals surface area (Å²) >= 11 is 1.51. The number of aromatic nitrogens is 3. The van der Waals surface area contributed by atoms with Crippen LogP contribution < -0.4 is 5.43 Å². The molecule has 10 heteroatoms. The lowest BCUT2D eigenvalue weighted by Gasteiger charge is -2.31. The van der Waals surface area contributed by atoms with Crippen LogP contribution in [0.25, 0.3) is 5.69 Å². The molecule has 3 heterocycles. The van der Waals surface area contributed by atoms with E-state index in [4.69, 9.17) is 0 Å². The summed E-state index contributed by atoms with van der Waals surface area (Å²) in [5.74, 6) is -0.513. The monoisotopic (exact) mass is 448 g/mol. The first-order valence-corrected chi connectivity index (χ1v) is 10.6. The van der Waals surface area contributed by atoms with E-state index in [1.807, 2.05) is 5.38 Å². The summed E-state index contributed by atoms with van der Waals surface area (Å²) in [6, 6.07) is 6.09. The molecule has 0 aliphatic carbocycles. The van der Waals surface area contributed by atoms with Crippen molar-refractivity contribution in [2.45, 2.75) is 31.9 Å². The summed E-state index contributed by atoms with van der Waals surface area (Å²) in [6.45, 7) is 2.32. The quantitative estimate of drug-likeness (QED) is 0.607. The van der Waals surface area contributed by atoms with Gasteiger partial charge in [-0.3, -0.25) is 9.59 Å². The fraction of sp³-hybridized carbons (Fsp3) is 0.333. The van der Waals surface area contributed by atoms with Gasteiger partial charge in [0.15, 0.2) is 5.69 Å². The zero-order valence-corrected chi connectivity index (χ0v) is 17.4. The van der Waals surface area contributed by atoms with E-state index in [9.17, 15) is 22.8 Å². The van der Waals surface area contributed by atoms with Crippen molar-refractivity contribution in [3.05, 3.63) is 74.1 Å². The second kappa shape index (κ2) is 8.26. The van der Waals surface area contributed by atoms with Gasteiger partial charge in [-0.2, -0.15) is 18.3 Å². The van der Waals surface area contributed by atoms with E-state index < -0.39 is 23.1 Å². The third kappa shape index (κ3) is 4.25. The van der Waals surface area contributed by atoms with Gasteiger partial charge in [0.05, 0.1) is 16.3 Å². The molecule has 0 bridgehead atoms. The summed E-state index contributed by atoms with van der Waals surface area (Å²) in [5, 5.41) is 6.87. The van der Waals surface area contributed by atoms with Gasteiger partial charge in [0, 0.05) is 42.3 Å². The topological polar surface area (TPSA) is 68.1 Å². The van der Waals surface area contributed by atoms with Crippen molar-refractivity contribution >= 4 is 17.2 Å². The van der Waals surface area contributed by atoms with Gasteiger partial charge in [0.25, 0.3) is 5.91 Å². The van der Waals surface area contributed by atoms with E-state index in [1.54, 1.807) is 6.20 Å². The zero-order valence-electron chi connectivity index (χ0n) is 16.6.